The van der Waals surface area contributed by atoms with E-state index in [2.05, 4.69) is 20.5 Å². The van der Waals surface area contributed by atoms with Crippen LogP contribution < -0.4 is 5.32 Å². The number of nitrogens with zero attached hydrogens (tertiary/aromatic N) is 4. The van der Waals surface area contributed by atoms with Crippen molar-refractivity contribution < 1.29 is 32.7 Å². The summed E-state index contributed by atoms with van der Waals surface area (Å²) in [7, 11) is 0. The number of halogens is 2. The molecule has 1 amide bonds. The second-order valence-electron chi connectivity index (χ2n) is 11.9. The van der Waals surface area contributed by atoms with Gasteiger partial charge < -0.3 is 14.6 Å². The first kappa shape index (κ1) is 35.1. The lowest BCUT2D eigenvalue weighted by atomic mass is 10.0. The van der Waals surface area contributed by atoms with E-state index in [4.69, 9.17) is 4.74 Å². The third-order valence-corrected chi connectivity index (χ3v) is 8.17. The standard InChI is InChI=1S/C40H31F2N5O5/c1-25(23-52-40(51)31-20-27(16-18-33(31)42)22-36(49)29-11-6-3-7-12-29)47-24-43-46-38(47)34-13-8-14-37(44-34)45-39(50)30-19-26(15-17-32(30)41)21-35(48)28-9-4-2-5-10-28/h2-20,24-25H,21-23H2,1H3,(H,44,45,50)/t25-/m1/s1. The molecule has 0 saturated carbocycles. The number of carbonyl (C=O) groups is 4. The highest BCUT2D eigenvalue weighted by molar-refractivity contribution is 6.04. The van der Waals surface area contributed by atoms with Crippen LogP contribution >= 0.6 is 0 Å². The Labute approximate surface area is 297 Å². The van der Waals surface area contributed by atoms with Gasteiger partial charge in [-0.15, -0.1) is 10.2 Å². The molecule has 0 radical (unpaired) electrons. The number of hydrogen-bond acceptors (Lipinski definition) is 8. The van der Waals surface area contributed by atoms with Crippen LogP contribution in [-0.2, 0) is 17.6 Å². The highest BCUT2D eigenvalue weighted by atomic mass is 19.1. The number of esters is 1. The van der Waals surface area contributed by atoms with Crippen LogP contribution in [0.4, 0.5) is 14.6 Å². The number of Topliss-reactive ketones (excluding diaryl/α,β-unsaturated/α-hetero) is 2. The molecule has 260 valence electrons. The van der Waals surface area contributed by atoms with Gasteiger partial charge in [0, 0.05) is 24.0 Å². The molecule has 10 nitrogen and oxygen atoms in total. The van der Waals surface area contributed by atoms with Crippen LogP contribution in [-0.4, -0.2) is 49.8 Å². The molecule has 4 aromatic carbocycles. The number of pyridine rings is 1. The van der Waals surface area contributed by atoms with Crippen molar-refractivity contribution in [3.63, 3.8) is 0 Å². The Balaban J connectivity index is 1.10. The van der Waals surface area contributed by atoms with Crippen molar-refractivity contribution in [1.82, 2.24) is 19.7 Å². The Morgan fingerprint density at radius 2 is 1.31 bits per heavy atom. The van der Waals surface area contributed by atoms with Crippen LogP contribution in [0.3, 0.4) is 0 Å². The predicted molar refractivity (Wildman–Crippen MR) is 188 cm³/mol. The number of hydrogen-bond donors (Lipinski definition) is 1. The van der Waals surface area contributed by atoms with Crippen molar-refractivity contribution in [3.05, 3.63) is 167 Å². The molecule has 0 aliphatic rings. The van der Waals surface area contributed by atoms with E-state index in [0.29, 0.717) is 27.9 Å². The maximum atomic E-state index is 14.8. The average molecular weight is 700 g/mol. The summed E-state index contributed by atoms with van der Waals surface area (Å²) in [6, 6.07) is 29.4. The number of ether oxygens (including phenoxy) is 1. The highest BCUT2D eigenvalue weighted by Gasteiger charge is 2.21. The maximum Gasteiger partial charge on any atom is 0.341 e. The van der Waals surface area contributed by atoms with Gasteiger partial charge in [-0.2, -0.15) is 0 Å². The van der Waals surface area contributed by atoms with Gasteiger partial charge in [0.2, 0.25) is 0 Å². The molecule has 0 bridgehead atoms. The normalized spacial score (nSPS) is 11.4. The molecule has 2 heterocycles. The van der Waals surface area contributed by atoms with E-state index in [1.165, 1.54) is 36.7 Å². The van der Waals surface area contributed by atoms with Crippen LogP contribution in [0.1, 0.15) is 65.5 Å². The van der Waals surface area contributed by atoms with Gasteiger partial charge >= 0.3 is 5.97 Å². The molecule has 0 unspecified atom stereocenters. The summed E-state index contributed by atoms with van der Waals surface area (Å²) in [6.45, 7) is 1.55. The smallest absolute Gasteiger partial charge is 0.341 e. The molecule has 6 rings (SSSR count). The van der Waals surface area contributed by atoms with E-state index >= 15 is 0 Å². The molecule has 12 heteroatoms. The van der Waals surface area contributed by atoms with E-state index in [-0.39, 0.29) is 53.8 Å². The zero-order valence-electron chi connectivity index (χ0n) is 27.8. The fourth-order valence-corrected chi connectivity index (χ4v) is 5.43. The van der Waals surface area contributed by atoms with E-state index in [1.54, 1.807) is 84.3 Å². The average Bonchev–Trinajstić information content (AvgIpc) is 3.66. The van der Waals surface area contributed by atoms with E-state index < -0.39 is 29.6 Å². The first-order valence-electron chi connectivity index (χ1n) is 16.2. The highest BCUT2D eigenvalue weighted by Crippen LogP contribution is 2.22. The maximum absolute atomic E-state index is 14.8. The molecular formula is C40H31F2N5O5. The van der Waals surface area contributed by atoms with Gasteiger partial charge in [0.1, 0.15) is 36.1 Å². The lowest BCUT2D eigenvalue weighted by molar-refractivity contribution is 0.0450. The van der Waals surface area contributed by atoms with Gasteiger partial charge in [0.15, 0.2) is 17.4 Å². The van der Waals surface area contributed by atoms with Crippen molar-refractivity contribution in [2.45, 2.75) is 25.8 Å². The van der Waals surface area contributed by atoms with E-state index in [1.807, 2.05) is 0 Å². The first-order chi connectivity index (χ1) is 25.2. The Morgan fingerprint density at radius 1 is 0.731 bits per heavy atom. The van der Waals surface area contributed by atoms with Crippen LogP contribution in [0.15, 0.2) is 122 Å². The minimum atomic E-state index is -0.906. The molecule has 0 spiro atoms. The molecule has 1 N–H and O–H groups in total. The Hall–Kier alpha value is -6.69. The lowest BCUT2D eigenvalue weighted by Gasteiger charge is -2.16. The van der Waals surface area contributed by atoms with Crippen LogP contribution in [0.25, 0.3) is 11.5 Å². The van der Waals surface area contributed by atoms with Gasteiger partial charge in [-0.05, 0) is 54.4 Å². The third-order valence-electron chi connectivity index (χ3n) is 8.17. The molecule has 0 fully saturated rings. The number of nitrogens with one attached hydrogen (secondary N) is 1. The largest absolute Gasteiger partial charge is 0.460 e. The predicted octanol–water partition coefficient (Wildman–Crippen LogP) is 7.14. The van der Waals surface area contributed by atoms with Crippen molar-refractivity contribution in [1.29, 1.82) is 0 Å². The zero-order chi connectivity index (χ0) is 36.6. The summed E-state index contributed by atoms with van der Waals surface area (Å²) in [5.41, 5.74) is 1.69. The minimum Gasteiger partial charge on any atom is -0.460 e. The SMILES string of the molecule is C[C@H](COC(=O)c1cc(CC(=O)c2ccccc2)ccc1F)n1cnnc1-c1cccc(NC(=O)c2cc(CC(=O)c3ccccc3)ccc2F)n1. The number of amides is 1. The Kier molecular flexibility index (Phi) is 10.7. The summed E-state index contributed by atoms with van der Waals surface area (Å²) < 4.78 is 36.5. The summed E-state index contributed by atoms with van der Waals surface area (Å²) in [5.74, 6) is -3.19. The molecule has 2 aromatic heterocycles. The molecule has 1 atom stereocenters. The van der Waals surface area contributed by atoms with Crippen LogP contribution in [0, 0.1) is 11.6 Å². The van der Waals surface area contributed by atoms with Gasteiger partial charge in [-0.25, -0.2) is 18.6 Å². The number of benzene rings is 4. The molecule has 0 saturated heterocycles. The lowest BCUT2D eigenvalue weighted by Crippen LogP contribution is -2.18. The summed E-state index contributed by atoms with van der Waals surface area (Å²) in [6.07, 6.45) is 1.38. The topological polar surface area (TPSA) is 133 Å². The van der Waals surface area contributed by atoms with Gasteiger partial charge in [-0.1, -0.05) is 78.9 Å². The van der Waals surface area contributed by atoms with Crippen molar-refractivity contribution in [3.8, 4) is 11.5 Å². The second kappa shape index (κ2) is 15.9. The molecule has 0 aliphatic carbocycles. The minimum absolute atomic E-state index is 0.0153. The fraction of sp³-hybridized carbons (Fsp3) is 0.125. The Morgan fingerprint density at radius 3 is 1.92 bits per heavy atom. The number of anilines is 1. The van der Waals surface area contributed by atoms with Crippen molar-refractivity contribution in [2.75, 3.05) is 11.9 Å². The van der Waals surface area contributed by atoms with E-state index in [0.717, 1.165) is 12.1 Å². The van der Waals surface area contributed by atoms with E-state index in [9.17, 15) is 28.0 Å². The number of carbonyl (C=O) groups excluding carboxylic acids is 4. The Bertz CT molecular complexity index is 2260. The molecule has 0 aliphatic heterocycles. The summed E-state index contributed by atoms with van der Waals surface area (Å²) >= 11 is 0. The molecule has 52 heavy (non-hydrogen) atoms. The van der Waals surface area contributed by atoms with Gasteiger partial charge in [-0.3, -0.25) is 14.4 Å². The fourth-order valence-electron chi connectivity index (χ4n) is 5.43. The van der Waals surface area contributed by atoms with Crippen molar-refractivity contribution >= 4 is 29.3 Å². The van der Waals surface area contributed by atoms with Gasteiger partial charge in [0.05, 0.1) is 17.2 Å². The zero-order valence-corrected chi connectivity index (χ0v) is 27.8. The van der Waals surface area contributed by atoms with Crippen LogP contribution in [0.2, 0.25) is 0 Å². The summed E-state index contributed by atoms with van der Waals surface area (Å²) in [4.78, 5) is 55.9. The first-order valence-corrected chi connectivity index (χ1v) is 16.2. The number of aromatic nitrogens is 4. The quantitative estimate of drug-likeness (QED) is 0.0994. The third kappa shape index (κ3) is 8.36. The number of ketones is 2. The number of rotatable bonds is 13. The summed E-state index contributed by atoms with van der Waals surface area (Å²) in [5, 5.41) is 10.7. The van der Waals surface area contributed by atoms with Gasteiger partial charge in [0.25, 0.3) is 5.91 Å². The monoisotopic (exact) mass is 699 g/mol. The van der Waals surface area contributed by atoms with Crippen molar-refractivity contribution in [2.24, 2.45) is 0 Å². The molecule has 6 aromatic rings. The van der Waals surface area contributed by atoms with Crippen LogP contribution in [0.5, 0.6) is 0 Å². The second-order valence-corrected chi connectivity index (χ2v) is 11.9. The molecular weight excluding hydrogens is 668 g/mol.